The molecule has 1 aromatic carbocycles. The number of rotatable bonds is 4. The van der Waals surface area contributed by atoms with Crippen molar-refractivity contribution in [3.63, 3.8) is 0 Å². The third kappa shape index (κ3) is 3.55. The lowest BCUT2D eigenvalue weighted by Crippen LogP contribution is -2.49. The molecule has 3 rings (SSSR count). The molecule has 1 fully saturated rings. The van der Waals surface area contributed by atoms with Crippen LogP contribution < -0.4 is 4.90 Å². The van der Waals surface area contributed by atoms with Crippen LogP contribution in [0.4, 0.5) is 5.82 Å². The van der Waals surface area contributed by atoms with Crippen molar-refractivity contribution in [2.24, 2.45) is 0 Å². The lowest BCUT2D eigenvalue weighted by Gasteiger charge is -2.35. The van der Waals surface area contributed by atoms with E-state index in [9.17, 15) is 4.79 Å². The lowest BCUT2D eigenvalue weighted by atomic mass is 10.1. The van der Waals surface area contributed by atoms with Gasteiger partial charge in [-0.2, -0.15) is 0 Å². The molecule has 1 aliphatic heterocycles. The number of hydrogen-bond donors (Lipinski definition) is 0. The fourth-order valence-corrected chi connectivity index (χ4v) is 3.05. The van der Waals surface area contributed by atoms with Gasteiger partial charge in [-0.05, 0) is 31.0 Å². The molecule has 24 heavy (non-hydrogen) atoms. The Morgan fingerprint density at radius 2 is 1.79 bits per heavy atom. The average Bonchev–Trinajstić information content (AvgIpc) is 2.63. The van der Waals surface area contributed by atoms with Crippen LogP contribution >= 0.6 is 0 Å². The molecule has 0 saturated carbocycles. The molecule has 1 aromatic heterocycles. The van der Waals surface area contributed by atoms with Crippen LogP contribution in [0.5, 0.6) is 0 Å². The van der Waals surface area contributed by atoms with E-state index in [1.165, 1.54) is 5.56 Å². The van der Waals surface area contributed by atoms with E-state index in [4.69, 9.17) is 0 Å². The maximum atomic E-state index is 12.0. The molecule has 5 nitrogen and oxygen atoms in total. The number of nitrogens with zero attached hydrogens (tertiary/aromatic N) is 4. The fraction of sp³-hybridized carbons (Fsp3) is 0.421. The van der Waals surface area contributed by atoms with Crippen LogP contribution in [0.25, 0.3) is 11.3 Å². The number of piperazine rings is 1. The van der Waals surface area contributed by atoms with Crippen LogP contribution in [-0.2, 0) is 4.79 Å². The minimum absolute atomic E-state index is 0.262. The molecule has 1 amide bonds. The molecule has 0 N–H and O–H groups in total. The Balaban J connectivity index is 1.65. The highest BCUT2D eigenvalue weighted by molar-refractivity contribution is 5.76. The van der Waals surface area contributed by atoms with Crippen LogP contribution in [-0.4, -0.2) is 47.2 Å². The predicted octanol–water partition coefficient (Wildman–Crippen LogP) is 2.90. The molecule has 2 heterocycles. The average molecular weight is 324 g/mol. The summed E-state index contributed by atoms with van der Waals surface area (Å²) >= 11 is 0. The first kappa shape index (κ1) is 16.4. The zero-order chi connectivity index (χ0) is 16.9. The Kier molecular flexibility index (Phi) is 5.08. The van der Waals surface area contributed by atoms with Crippen LogP contribution in [0.3, 0.4) is 0 Å². The molecule has 5 heteroatoms. The number of hydrogen-bond acceptors (Lipinski definition) is 4. The zero-order valence-electron chi connectivity index (χ0n) is 14.4. The number of amides is 1. The maximum Gasteiger partial charge on any atom is 0.222 e. The SMILES string of the molecule is CCCC(=O)N1CCN(c2ccc(-c3ccccc3C)nn2)CC1. The Morgan fingerprint density at radius 3 is 2.42 bits per heavy atom. The molecule has 0 aliphatic carbocycles. The van der Waals surface area contributed by atoms with Gasteiger partial charge >= 0.3 is 0 Å². The largest absolute Gasteiger partial charge is 0.352 e. The van der Waals surface area contributed by atoms with E-state index in [0.717, 1.165) is 49.7 Å². The number of carbonyl (C=O) groups is 1. The Bertz CT molecular complexity index is 691. The van der Waals surface area contributed by atoms with E-state index in [2.05, 4.69) is 34.2 Å². The van der Waals surface area contributed by atoms with E-state index in [-0.39, 0.29) is 5.91 Å². The molecule has 2 aromatic rings. The number of aromatic nitrogens is 2. The molecule has 0 atom stereocenters. The second-order valence-corrected chi connectivity index (χ2v) is 6.21. The topological polar surface area (TPSA) is 49.3 Å². The van der Waals surface area contributed by atoms with Gasteiger partial charge in [0.25, 0.3) is 0 Å². The van der Waals surface area contributed by atoms with Crippen LogP contribution in [0.2, 0.25) is 0 Å². The highest BCUT2D eigenvalue weighted by atomic mass is 16.2. The van der Waals surface area contributed by atoms with Crippen molar-refractivity contribution in [2.45, 2.75) is 26.7 Å². The normalized spacial score (nSPS) is 14.8. The summed E-state index contributed by atoms with van der Waals surface area (Å²) in [7, 11) is 0. The standard InChI is InChI=1S/C19H24N4O/c1-3-6-19(24)23-13-11-22(12-14-23)18-10-9-17(20-21-18)16-8-5-4-7-15(16)2/h4-5,7-10H,3,6,11-14H2,1-2H3. The van der Waals surface area contributed by atoms with Crippen molar-refractivity contribution in [3.05, 3.63) is 42.0 Å². The zero-order valence-corrected chi connectivity index (χ0v) is 14.4. The van der Waals surface area contributed by atoms with Gasteiger partial charge in [0.2, 0.25) is 5.91 Å². The van der Waals surface area contributed by atoms with Crippen molar-refractivity contribution >= 4 is 11.7 Å². The summed E-state index contributed by atoms with van der Waals surface area (Å²) < 4.78 is 0. The van der Waals surface area contributed by atoms with E-state index in [1.54, 1.807) is 0 Å². The second-order valence-electron chi connectivity index (χ2n) is 6.21. The number of benzene rings is 1. The highest BCUT2D eigenvalue weighted by Crippen LogP contribution is 2.22. The third-order valence-corrected chi connectivity index (χ3v) is 4.49. The van der Waals surface area contributed by atoms with Crippen molar-refractivity contribution in [1.29, 1.82) is 0 Å². The van der Waals surface area contributed by atoms with Gasteiger partial charge in [0.15, 0.2) is 5.82 Å². The van der Waals surface area contributed by atoms with Crippen molar-refractivity contribution in [1.82, 2.24) is 15.1 Å². The van der Waals surface area contributed by atoms with Gasteiger partial charge in [0, 0.05) is 38.2 Å². The maximum absolute atomic E-state index is 12.0. The first-order chi connectivity index (χ1) is 11.7. The van der Waals surface area contributed by atoms with Crippen molar-refractivity contribution in [3.8, 4) is 11.3 Å². The van der Waals surface area contributed by atoms with Crippen LogP contribution in [0, 0.1) is 6.92 Å². The summed E-state index contributed by atoms with van der Waals surface area (Å²) in [6.07, 6.45) is 1.55. The summed E-state index contributed by atoms with van der Waals surface area (Å²) in [5.41, 5.74) is 3.21. The molecule has 126 valence electrons. The van der Waals surface area contributed by atoms with Gasteiger partial charge in [-0.3, -0.25) is 4.79 Å². The van der Waals surface area contributed by atoms with E-state index in [1.807, 2.05) is 36.1 Å². The number of carbonyl (C=O) groups excluding carboxylic acids is 1. The molecule has 0 bridgehead atoms. The number of anilines is 1. The molecule has 1 saturated heterocycles. The lowest BCUT2D eigenvalue weighted by molar-refractivity contribution is -0.131. The molecule has 0 radical (unpaired) electrons. The highest BCUT2D eigenvalue weighted by Gasteiger charge is 2.21. The summed E-state index contributed by atoms with van der Waals surface area (Å²) in [4.78, 5) is 16.1. The van der Waals surface area contributed by atoms with E-state index >= 15 is 0 Å². The van der Waals surface area contributed by atoms with Gasteiger partial charge in [0.1, 0.15) is 0 Å². The van der Waals surface area contributed by atoms with Crippen molar-refractivity contribution in [2.75, 3.05) is 31.1 Å². The quantitative estimate of drug-likeness (QED) is 0.868. The van der Waals surface area contributed by atoms with Crippen LogP contribution in [0.1, 0.15) is 25.3 Å². The molecule has 0 spiro atoms. The minimum Gasteiger partial charge on any atom is -0.352 e. The molecular weight excluding hydrogens is 300 g/mol. The summed E-state index contributed by atoms with van der Waals surface area (Å²) in [5.74, 6) is 1.15. The summed E-state index contributed by atoms with van der Waals surface area (Å²) in [6.45, 7) is 7.28. The Labute approximate surface area is 143 Å². The predicted molar refractivity (Wildman–Crippen MR) is 95.9 cm³/mol. The van der Waals surface area contributed by atoms with Crippen molar-refractivity contribution < 1.29 is 4.79 Å². The summed E-state index contributed by atoms with van der Waals surface area (Å²) in [5, 5.41) is 8.79. The molecule has 1 aliphatic rings. The fourth-order valence-electron chi connectivity index (χ4n) is 3.05. The molecular formula is C19H24N4O. The van der Waals surface area contributed by atoms with Gasteiger partial charge in [-0.25, -0.2) is 0 Å². The Hall–Kier alpha value is -2.43. The Morgan fingerprint density at radius 1 is 1.04 bits per heavy atom. The first-order valence-electron chi connectivity index (χ1n) is 8.61. The second kappa shape index (κ2) is 7.43. The summed E-state index contributed by atoms with van der Waals surface area (Å²) in [6, 6.07) is 12.2. The minimum atomic E-state index is 0.262. The molecule has 0 unspecified atom stereocenters. The van der Waals surface area contributed by atoms with E-state index in [0.29, 0.717) is 6.42 Å². The van der Waals surface area contributed by atoms with Gasteiger partial charge in [-0.15, -0.1) is 10.2 Å². The van der Waals surface area contributed by atoms with Gasteiger partial charge < -0.3 is 9.80 Å². The third-order valence-electron chi connectivity index (χ3n) is 4.49. The van der Waals surface area contributed by atoms with Gasteiger partial charge in [0.05, 0.1) is 5.69 Å². The van der Waals surface area contributed by atoms with Gasteiger partial charge in [-0.1, -0.05) is 31.2 Å². The number of aryl methyl sites for hydroxylation is 1. The smallest absolute Gasteiger partial charge is 0.222 e. The van der Waals surface area contributed by atoms with E-state index < -0.39 is 0 Å². The van der Waals surface area contributed by atoms with Crippen LogP contribution in [0.15, 0.2) is 36.4 Å². The monoisotopic (exact) mass is 324 g/mol. The first-order valence-corrected chi connectivity index (χ1v) is 8.61.